The molecule has 2 aromatic carbocycles. The summed E-state index contributed by atoms with van der Waals surface area (Å²) in [5.41, 5.74) is 6.47. The maximum absolute atomic E-state index is 16.2. The zero-order chi connectivity index (χ0) is 28.9. The lowest BCUT2D eigenvalue weighted by Gasteiger charge is -2.30. The summed E-state index contributed by atoms with van der Waals surface area (Å²) in [6.45, 7) is 4.49. The third-order valence-electron chi connectivity index (χ3n) is 7.85. The zero-order valence-electron chi connectivity index (χ0n) is 22.6. The van der Waals surface area contributed by atoms with Gasteiger partial charge in [-0.2, -0.15) is 12.7 Å². The molecule has 0 aliphatic carbocycles. The average molecular weight is 594 g/mol. The molecule has 1 fully saturated rings. The highest BCUT2D eigenvalue weighted by molar-refractivity contribution is 7.86. The van der Waals surface area contributed by atoms with Gasteiger partial charge in [-0.1, -0.05) is 19.1 Å². The summed E-state index contributed by atoms with van der Waals surface area (Å²) in [7, 11) is -3.70. The second-order valence-corrected chi connectivity index (χ2v) is 12.7. The number of hydrogen-bond acceptors (Lipinski definition) is 5. The molecule has 0 radical (unpaired) electrons. The van der Waals surface area contributed by atoms with E-state index in [9.17, 15) is 12.8 Å². The van der Waals surface area contributed by atoms with Gasteiger partial charge in [0.1, 0.15) is 22.3 Å². The van der Waals surface area contributed by atoms with E-state index in [0.29, 0.717) is 65.4 Å². The van der Waals surface area contributed by atoms with Crippen molar-refractivity contribution < 1.29 is 17.2 Å². The molecule has 2 N–H and O–H groups in total. The van der Waals surface area contributed by atoms with Crippen molar-refractivity contribution >= 4 is 27.2 Å². The molecule has 11 heteroatoms. The van der Waals surface area contributed by atoms with Gasteiger partial charge in [-0.15, -0.1) is 11.3 Å². The highest BCUT2D eigenvalue weighted by atomic mass is 32.2. The van der Waals surface area contributed by atoms with Gasteiger partial charge in [0.2, 0.25) is 0 Å². The van der Waals surface area contributed by atoms with Gasteiger partial charge >= 0.3 is 0 Å². The molecular weight excluding hydrogens is 564 g/mol. The van der Waals surface area contributed by atoms with E-state index in [1.807, 2.05) is 41.1 Å². The van der Waals surface area contributed by atoms with Gasteiger partial charge in [0.05, 0.1) is 17.1 Å². The fraction of sp³-hybridized carbons (Fsp3) is 0.267. The second kappa shape index (κ2) is 10.7. The molecule has 0 spiro atoms. The van der Waals surface area contributed by atoms with Crippen LogP contribution < -0.4 is 5.14 Å². The number of nitrogens with two attached hydrogens (primary N) is 1. The molecule has 1 aliphatic rings. The van der Waals surface area contributed by atoms with Crippen LogP contribution in [0.2, 0.25) is 0 Å². The van der Waals surface area contributed by atoms with E-state index in [-0.39, 0.29) is 17.6 Å². The number of aromatic nitrogens is 3. The number of halogens is 2. The summed E-state index contributed by atoms with van der Waals surface area (Å²) in [5.74, 6) is -0.479. The summed E-state index contributed by atoms with van der Waals surface area (Å²) in [6.07, 6.45) is 3.95. The first-order chi connectivity index (χ1) is 19.6. The predicted molar refractivity (Wildman–Crippen MR) is 158 cm³/mol. The van der Waals surface area contributed by atoms with E-state index in [2.05, 4.69) is 0 Å². The monoisotopic (exact) mass is 593 g/mol. The van der Waals surface area contributed by atoms with Crippen molar-refractivity contribution in [3.63, 3.8) is 0 Å². The Balaban J connectivity index is 1.36. The molecule has 0 atom stereocenters. The summed E-state index contributed by atoms with van der Waals surface area (Å²) < 4.78 is 56.2. The number of nitrogens with zero attached hydrogens (tertiary/aromatic N) is 4. The Morgan fingerprint density at radius 3 is 2.39 bits per heavy atom. The van der Waals surface area contributed by atoms with Crippen LogP contribution in [0.15, 0.2) is 60.1 Å². The summed E-state index contributed by atoms with van der Waals surface area (Å²) in [4.78, 5) is 9.49. The van der Waals surface area contributed by atoms with Crippen molar-refractivity contribution in [1.29, 1.82) is 0 Å². The summed E-state index contributed by atoms with van der Waals surface area (Å²) in [6, 6.07) is 13.8. The van der Waals surface area contributed by atoms with Crippen LogP contribution >= 0.6 is 11.3 Å². The van der Waals surface area contributed by atoms with Gasteiger partial charge in [-0.25, -0.2) is 23.9 Å². The van der Waals surface area contributed by atoms with E-state index >= 15 is 4.39 Å². The summed E-state index contributed by atoms with van der Waals surface area (Å²) >= 11 is 1.42. The molecule has 1 aliphatic heterocycles. The lowest BCUT2D eigenvalue weighted by atomic mass is 9.91. The minimum absolute atomic E-state index is 0.159. The van der Waals surface area contributed by atoms with Gasteiger partial charge in [0.25, 0.3) is 10.2 Å². The van der Waals surface area contributed by atoms with Crippen LogP contribution in [0.4, 0.5) is 8.78 Å². The van der Waals surface area contributed by atoms with Crippen LogP contribution in [0.3, 0.4) is 0 Å². The van der Waals surface area contributed by atoms with Crippen LogP contribution in [0.25, 0.3) is 38.7 Å². The first kappa shape index (κ1) is 27.6. The molecule has 0 unspecified atom stereocenters. The predicted octanol–water partition coefficient (Wildman–Crippen LogP) is 6.32. The molecule has 5 aromatic rings. The fourth-order valence-electron chi connectivity index (χ4n) is 5.58. The number of hydrogen-bond donors (Lipinski definition) is 1. The van der Waals surface area contributed by atoms with E-state index in [0.717, 1.165) is 22.5 Å². The van der Waals surface area contributed by atoms with Crippen molar-refractivity contribution in [2.45, 2.75) is 39.0 Å². The van der Waals surface area contributed by atoms with E-state index in [4.69, 9.17) is 15.1 Å². The van der Waals surface area contributed by atoms with Gasteiger partial charge < -0.3 is 0 Å². The van der Waals surface area contributed by atoms with Gasteiger partial charge in [-0.3, -0.25) is 4.40 Å². The third kappa shape index (κ3) is 5.19. The molecule has 212 valence electrons. The first-order valence-corrected chi connectivity index (χ1v) is 15.8. The second-order valence-electron chi connectivity index (χ2n) is 10.3. The Labute approximate surface area is 241 Å². The van der Waals surface area contributed by atoms with Gasteiger partial charge in [0, 0.05) is 41.4 Å². The first-order valence-electron chi connectivity index (χ1n) is 13.4. The van der Waals surface area contributed by atoms with Gasteiger partial charge in [-0.05, 0) is 79.6 Å². The minimum Gasteiger partial charge on any atom is -0.299 e. The third-order valence-corrected chi connectivity index (χ3v) is 9.81. The highest BCUT2D eigenvalue weighted by Crippen LogP contribution is 2.37. The fourth-order valence-corrected chi connectivity index (χ4v) is 7.21. The zero-order valence-corrected chi connectivity index (χ0v) is 24.3. The van der Waals surface area contributed by atoms with E-state index < -0.39 is 10.2 Å². The standard InChI is InChI=1S/C30H29F2N5O2S2/c1-3-25-29(37-16-21(6-11-27(37)34-25)19-12-14-36(15-13-19)41(33,38)39)24-10-9-23(18(2)28(24)32)30-35-26(17-40-30)20-4-7-22(31)8-5-20/h4-11,16-17,19H,3,12-15H2,1-2H3,(H2,33,38,39). The van der Waals surface area contributed by atoms with Crippen molar-refractivity contribution in [2.24, 2.45) is 5.14 Å². The average Bonchev–Trinajstić information content (AvgIpc) is 3.59. The number of rotatable bonds is 6. The van der Waals surface area contributed by atoms with Crippen LogP contribution in [0, 0.1) is 18.6 Å². The number of imidazole rings is 1. The van der Waals surface area contributed by atoms with Crippen LogP contribution in [-0.4, -0.2) is 40.2 Å². The number of pyridine rings is 1. The molecule has 0 amide bonds. The largest absolute Gasteiger partial charge is 0.299 e. The Morgan fingerprint density at radius 2 is 1.71 bits per heavy atom. The number of aryl methyl sites for hydroxylation is 1. The van der Waals surface area contributed by atoms with Crippen molar-refractivity contribution in [2.75, 3.05) is 13.1 Å². The lowest BCUT2D eigenvalue weighted by molar-refractivity contribution is 0.319. The van der Waals surface area contributed by atoms with Crippen molar-refractivity contribution in [3.8, 4) is 33.1 Å². The van der Waals surface area contributed by atoms with E-state index in [1.165, 1.54) is 27.8 Å². The molecule has 6 rings (SSSR count). The minimum atomic E-state index is -3.70. The quantitative estimate of drug-likeness (QED) is 0.249. The molecule has 3 aromatic heterocycles. The smallest absolute Gasteiger partial charge is 0.276 e. The number of fused-ring (bicyclic) bond motifs is 1. The van der Waals surface area contributed by atoms with Crippen LogP contribution in [-0.2, 0) is 16.6 Å². The van der Waals surface area contributed by atoms with Crippen LogP contribution in [0.5, 0.6) is 0 Å². The van der Waals surface area contributed by atoms with Crippen LogP contribution in [0.1, 0.15) is 42.5 Å². The lowest BCUT2D eigenvalue weighted by Crippen LogP contribution is -2.41. The molecule has 4 heterocycles. The Morgan fingerprint density at radius 1 is 1.00 bits per heavy atom. The Kier molecular flexibility index (Phi) is 7.23. The molecule has 0 bridgehead atoms. The number of piperidine rings is 1. The Bertz CT molecular complexity index is 1860. The molecule has 0 saturated carbocycles. The number of thiazole rings is 1. The molecule has 7 nitrogen and oxygen atoms in total. The molecule has 41 heavy (non-hydrogen) atoms. The Hall–Kier alpha value is -3.51. The highest BCUT2D eigenvalue weighted by Gasteiger charge is 2.27. The molecule has 1 saturated heterocycles. The maximum atomic E-state index is 16.2. The number of benzene rings is 2. The molecular formula is C30H29F2N5O2S2. The van der Waals surface area contributed by atoms with E-state index in [1.54, 1.807) is 25.1 Å². The summed E-state index contributed by atoms with van der Waals surface area (Å²) in [5, 5.41) is 7.89. The maximum Gasteiger partial charge on any atom is 0.276 e. The SMILES string of the molecule is CCc1nc2ccc(C3CCN(S(N)(=O)=O)CC3)cn2c1-c1ccc(-c2nc(-c3ccc(F)cc3)cs2)c(C)c1F. The van der Waals surface area contributed by atoms with Crippen molar-refractivity contribution in [3.05, 3.63) is 88.6 Å². The topological polar surface area (TPSA) is 93.6 Å². The normalized spacial score (nSPS) is 15.1. The van der Waals surface area contributed by atoms with Crippen molar-refractivity contribution in [1.82, 2.24) is 18.7 Å². The van der Waals surface area contributed by atoms with Gasteiger partial charge in [0.15, 0.2) is 0 Å².